The molecule has 0 atom stereocenters. The Labute approximate surface area is 171 Å². The summed E-state index contributed by atoms with van der Waals surface area (Å²) in [6, 6.07) is 13.2. The average Bonchev–Trinajstić information content (AvgIpc) is 2.90. The minimum Gasteiger partial charge on any atom is -0.337 e. The van der Waals surface area contributed by atoms with Gasteiger partial charge in [0, 0.05) is 42.5 Å². The van der Waals surface area contributed by atoms with Gasteiger partial charge >= 0.3 is 0 Å². The first kappa shape index (κ1) is 20.4. The summed E-state index contributed by atoms with van der Waals surface area (Å²) in [7, 11) is 0. The fourth-order valence-corrected chi connectivity index (χ4v) is 3.60. The lowest BCUT2D eigenvalue weighted by molar-refractivity contribution is -0.117. The molecule has 2 aromatic rings. The van der Waals surface area contributed by atoms with Crippen molar-refractivity contribution < 1.29 is 9.59 Å². The molecule has 0 saturated carbocycles. The zero-order valence-corrected chi connectivity index (χ0v) is 17.1. The second-order valence-corrected chi connectivity index (χ2v) is 7.66. The molecule has 2 aromatic carbocycles. The first-order valence-corrected chi connectivity index (χ1v) is 9.95. The van der Waals surface area contributed by atoms with Crippen LogP contribution in [0.3, 0.4) is 0 Å². The summed E-state index contributed by atoms with van der Waals surface area (Å²) in [4.78, 5) is 29.2. The van der Waals surface area contributed by atoms with Crippen LogP contribution in [0.1, 0.15) is 27.9 Å². The van der Waals surface area contributed by atoms with Gasteiger partial charge in [0.25, 0.3) is 5.91 Å². The molecular weight excluding hydrogens is 374 g/mol. The third-order valence-corrected chi connectivity index (χ3v) is 5.46. The van der Waals surface area contributed by atoms with E-state index in [1.54, 1.807) is 6.07 Å². The molecule has 0 bridgehead atoms. The molecule has 6 heteroatoms. The monoisotopic (exact) mass is 399 g/mol. The summed E-state index contributed by atoms with van der Waals surface area (Å²) in [5.41, 5.74) is 3.41. The fourth-order valence-electron chi connectivity index (χ4n) is 3.43. The molecule has 1 heterocycles. The molecule has 2 amide bonds. The van der Waals surface area contributed by atoms with E-state index in [2.05, 4.69) is 10.2 Å². The predicted molar refractivity (Wildman–Crippen MR) is 113 cm³/mol. The van der Waals surface area contributed by atoms with E-state index in [1.807, 2.05) is 55.1 Å². The van der Waals surface area contributed by atoms with Gasteiger partial charge in [0.1, 0.15) is 0 Å². The lowest BCUT2D eigenvalue weighted by Crippen LogP contribution is -2.38. The maximum Gasteiger partial charge on any atom is 0.253 e. The topological polar surface area (TPSA) is 52.7 Å². The van der Waals surface area contributed by atoms with Crippen molar-refractivity contribution in [2.75, 3.05) is 38.0 Å². The molecule has 0 aromatic heterocycles. The van der Waals surface area contributed by atoms with Gasteiger partial charge in [0.2, 0.25) is 5.91 Å². The molecule has 0 aliphatic carbocycles. The minimum absolute atomic E-state index is 0.0598. The third-order valence-electron chi connectivity index (χ3n) is 5.05. The van der Waals surface area contributed by atoms with Crippen molar-refractivity contribution >= 4 is 29.1 Å². The number of carbonyl (C=O) groups is 2. The first-order chi connectivity index (χ1) is 13.4. The smallest absolute Gasteiger partial charge is 0.253 e. The Morgan fingerprint density at radius 1 is 1.04 bits per heavy atom. The Bertz CT molecular complexity index is 869. The molecule has 0 radical (unpaired) electrons. The summed E-state index contributed by atoms with van der Waals surface area (Å²) in [5, 5.41) is 3.58. The van der Waals surface area contributed by atoms with Crippen molar-refractivity contribution in [2.24, 2.45) is 0 Å². The maximum absolute atomic E-state index is 12.8. The Morgan fingerprint density at radius 3 is 2.61 bits per heavy atom. The van der Waals surface area contributed by atoms with E-state index in [0.29, 0.717) is 31.2 Å². The van der Waals surface area contributed by atoms with Gasteiger partial charge in [-0.25, -0.2) is 0 Å². The van der Waals surface area contributed by atoms with Crippen LogP contribution in [-0.4, -0.2) is 54.3 Å². The van der Waals surface area contributed by atoms with E-state index in [1.165, 1.54) is 0 Å². The molecule has 1 aliphatic rings. The number of hydrogen-bond donors (Lipinski definition) is 1. The van der Waals surface area contributed by atoms with E-state index in [-0.39, 0.29) is 11.8 Å². The quantitative estimate of drug-likeness (QED) is 0.851. The lowest BCUT2D eigenvalue weighted by atomic mass is 10.1. The number of benzene rings is 2. The molecular formula is C22H26ClN3O2. The van der Waals surface area contributed by atoms with Crippen molar-refractivity contribution in [3.05, 3.63) is 64.2 Å². The molecule has 148 valence electrons. The van der Waals surface area contributed by atoms with Crippen LogP contribution in [0.4, 0.5) is 5.69 Å². The zero-order chi connectivity index (χ0) is 20.1. The average molecular weight is 400 g/mol. The van der Waals surface area contributed by atoms with Crippen molar-refractivity contribution in [2.45, 2.75) is 20.3 Å². The van der Waals surface area contributed by atoms with Crippen LogP contribution in [0.15, 0.2) is 42.5 Å². The second-order valence-electron chi connectivity index (χ2n) is 7.25. The molecule has 28 heavy (non-hydrogen) atoms. The normalized spacial score (nSPS) is 15.2. The van der Waals surface area contributed by atoms with Gasteiger partial charge in [0.05, 0.1) is 6.54 Å². The van der Waals surface area contributed by atoms with Crippen molar-refractivity contribution in [1.82, 2.24) is 9.80 Å². The Morgan fingerprint density at radius 2 is 1.82 bits per heavy atom. The highest BCUT2D eigenvalue weighted by atomic mass is 35.5. The lowest BCUT2D eigenvalue weighted by Gasteiger charge is -2.22. The van der Waals surface area contributed by atoms with Gasteiger partial charge in [-0.05, 0) is 50.1 Å². The largest absolute Gasteiger partial charge is 0.337 e. The van der Waals surface area contributed by atoms with Crippen LogP contribution in [0.25, 0.3) is 0 Å². The highest BCUT2D eigenvalue weighted by Gasteiger charge is 2.21. The van der Waals surface area contributed by atoms with Crippen LogP contribution >= 0.6 is 11.6 Å². The van der Waals surface area contributed by atoms with Crippen LogP contribution in [0.2, 0.25) is 5.02 Å². The zero-order valence-electron chi connectivity index (χ0n) is 16.4. The second kappa shape index (κ2) is 9.22. The number of carbonyl (C=O) groups excluding carboxylic acids is 2. The number of anilines is 1. The fraction of sp³-hybridized carbons (Fsp3) is 0.364. The first-order valence-electron chi connectivity index (χ1n) is 9.57. The minimum atomic E-state index is -0.0659. The number of nitrogens with one attached hydrogen (secondary N) is 1. The third kappa shape index (κ3) is 5.12. The summed E-state index contributed by atoms with van der Waals surface area (Å²) < 4.78 is 0. The van der Waals surface area contributed by atoms with Crippen LogP contribution in [0, 0.1) is 13.8 Å². The highest BCUT2D eigenvalue weighted by Crippen LogP contribution is 2.22. The number of rotatable bonds is 4. The highest BCUT2D eigenvalue weighted by molar-refractivity contribution is 6.31. The van der Waals surface area contributed by atoms with Gasteiger partial charge in [-0.1, -0.05) is 35.4 Å². The van der Waals surface area contributed by atoms with E-state index in [4.69, 9.17) is 11.6 Å². The molecule has 1 fully saturated rings. The molecule has 1 aliphatic heterocycles. The van der Waals surface area contributed by atoms with Gasteiger partial charge in [-0.3, -0.25) is 14.5 Å². The van der Waals surface area contributed by atoms with Gasteiger partial charge in [-0.15, -0.1) is 0 Å². The summed E-state index contributed by atoms with van der Waals surface area (Å²) in [5.74, 6) is -0.00613. The van der Waals surface area contributed by atoms with Crippen LogP contribution < -0.4 is 5.32 Å². The molecule has 3 rings (SSSR count). The molecule has 1 saturated heterocycles. The number of aryl methyl sites for hydroxylation is 1. The number of nitrogens with zero attached hydrogens (tertiary/aromatic N) is 2. The van der Waals surface area contributed by atoms with Crippen LogP contribution in [0.5, 0.6) is 0 Å². The standard InChI is InChI=1S/C22H26ClN3O2/c1-16-6-3-7-18(14-16)22(28)26-11-5-10-25(12-13-26)15-21(27)24-20-9-4-8-19(23)17(20)2/h3-4,6-9,14H,5,10-13,15H2,1-2H3,(H,24,27). The maximum atomic E-state index is 12.8. The van der Waals surface area contributed by atoms with E-state index in [9.17, 15) is 9.59 Å². The van der Waals surface area contributed by atoms with Gasteiger partial charge in [0.15, 0.2) is 0 Å². The summed E-state index contributed by atoms with van der Waals surface area (Å²) in [6.07, 6.45) is 0.848. The van der Waals surface area contributed by atoms with Crippen molar-refractivity contribution in [3.8, 4) is 0 Å². The number of halogens is 1. The Hall–Kier alpha value is -2.37. The van der Waals surface area contributed by atoms with E-state index >= 15 is 0 Å². The Kier molecular flexibility index (Phi) is 6.70. The summed E-state index contributed by atoms with van der Waals surface area (Å²) >= 11 is 6.12. The van der Waals surface area contributed by atoms with E-state index in [0.717, 1.165) is 35.3 Å². The predicted octanol–water partition coefficient (Wildman–Crippen LogP) is 3.74. The van der Waals surface area contributed by atoms with Gasteiger partial charge < -0.3 is 10.2 Å². The number of hydrogen-bond acceptors (Lipinski definition) is 3. The molecule has 5 nitrogen and oxygen atoms in total. The van der Waals surface area contributed by atoms with Crippen LogP contribution in [-0.2, 0) is 4.79 Å². The van der Waals surface area contributed by atoms with Gasteiger partial charge in [-0.2, -0.15) is 0 Å². The molecule has 1 N–H and O–H groups in total. The Balaban J connectivity index is 1.55. The molecule has 0 spiro atoms. The van der Waals surface area contributed by atoms with Crippen molar-refractivity contribution in [1.29, 1.82) is 0 Å². The SMILES string of the molecule is Cc1cccc(C(=O)N2CCCN(CC(=O)Nc3cccc(Cl)c3C)CC2)c1. The molecule has 0 unspecified atom stereocenters. The summed E-state index contributed by atoms with van der Waals surface area (Å²) in [6.45, 7) is 6.98. The van der Waals surface area contributed by atoms with Crippen molar-refractivity contribution in [3.63, 3.8) is 0 Å². The van der Waals surface area contributed by atoms with E-state index < -0.39 is 0 Å². The number of amides is 2.